The summed E-state index contributed by atoms with van der Waals surface area (Å²) in [5.74, 6) is 0.631. The molecule has 0 amide bonds. The molecule has 0 radical (unpaired) electrons. The van der Waals surface area contributed by atoms with Crippen LogP contribution < -0.4 is 0 Å². The topological polar surface area (TPSA) is 118 Å². The lowest BCUT2D eigenvalue weighted by atomic mass is 9.90. The first-order valence-electron chi connectivity index (χ1n) is 20.2. The molecule has 1 aromatic heterocycles. The number of carbonyl (C=O) groups is 1. The van der Waals surface area contributed by atoms with E-state index in [1.807, 2.05) is 74.1 Å². The average molecular weight is 817 g/mol. The number of aryl methyl sites for hydroxylation is 2. The van der Waals surface area contributed by atoms with Crippen LogP contribution in [-0.4, -0.2) is 38.3 Å². The number of halogens is 1. The highest BCUT2D eigenvalue weighted by atomic mass is 35.5. The quantitative estimate of drug-likeness (QED) is 0.0657. The Bertz CT molecular complexity index is 2220. The van der Waals surface area contributed by atoms with Crippen LogP contribution in [-0.2, 0) is 23.2 Å². The maximum absolute atomic E-state index is 11.5. The molecule has 1 heterocycles. The molecule has 0 saturated heterocycles. The van der Waals surface area contributed by atoms with Gasteiger partial charge in [0.15, 0.2) is 0 Å². The van der Waals surface area contributed by atoms with Crippen molar-refractivity contribution in [2.24, 2.45) is 11.3 Å². The van der Waals surface area contributed by atoms with Gasteiger partial charge in [0.05, 0.1) is 23.2 Å². The number of fused-ring (bicyclic) bond motifs is 1. The number of pyridine rings is 1. The lowest BCUT2D eigenvalue weighted by Gasteiger charge is -2.24. The summed E-state index contributed by atoms with van der Waals surface area (Å²) in [6.45, 7) is 9.94. The van der Waals surface area contributed by atoms with E-state index in [4.69, 9.17) is 27.4 Å². The number of carboxylic acids is 1. The summed E-state index contributed by atoms with van der Waals surface area (Å²) < 4.78 is 0. The van der Waals surface area contributed by atoms with Crippen molar-refractivity contribution in [3.63, 3.8) is 0 Å². The van der Waals surface area contributed by atoms with Gasteiger partial charge in [-0.05, 0) is 128 Å². The zero-order chi connectivity index (χ0) is 41.9. The van der Waals surface area contributed by atoms with E-state index in [9.17, 15) is 15.0 Å². The normalized spacial score (nSPS) is 13.9. The third kappa shape index (κ3) is 14.1. The summed E-state index contributed by atoms with van der Waals surface area (Å²) in [7, 11) is 0. The van der Waals surface area contributed by atoms with E-state index in [-0.39, 0.29) is 17.1 Å². The van der Waals surface area contributed by atoms with Crippen LogP contribution in [0.5, 0.6) is 0 Å². The van der Waals surface area contributed by atoms with Crippen molar-refractivity contribution in [2.45, 2.75) is 96.8 Å². The highest BCUT2D eigenvalue weighted by Crippen LogP contribution is 2.53. The summed E-state index contributed by atoms with van der Waals surface area (Å²) in [5.41, 5.74) is 8.95. The highest BCUT2D eigenvalue weighted by Gasteiger charge is 2.44. The number of aromatic nitrogens is 1. The maximum atomic E-state index is 11.5. The molecular formula is C50H58ClN3O3S. The fourth-order valence-corrected chi connectivity index (χ4v) is 8.92. The van der Waals surface area contributed by atoms with E-state index in [0.717, 1.165) is 76.7 Å². The number of carboxylic acid groups (broad SMARTS) is 1. The molecule has 5 aromatic rings. The van der Waals surface area contributed by atoms with Gasteiger partial charge >= 0.3 is 5.97 Å². The van der Waals surface area contributed by atoms with E-state index in [0.29, 0.717) is 35.2 Å². The molecule has 0 unspecified atom stereocenters. The molecule has 0 aliphatic heterocycles. The van der Waals surface area contributed by atoms with Gasteiger partial charge in [-0.1, -0.05) is 110 Å². The average Bonchev–Trinajstić information content (AvgIpc) is 3.92. The van der Waals surface area contributed by atoms with Crippen LogP contribution >= 0.6 is 23.4 Å². The fourth-order valence-electron chi connectivity index (χ4n) is 7.23. The van der Waals surface area contributed by atoms with E-state index >= 15 is 0 Å². The minimum Gasteiger partial charge on any atom is -0.481 e. The van der Waals surface area contributed by atoms with Gasteiger partial charge in [0, 0.05) is 45.7 Å². The number of nitrogens with zero attached hydrogens (tertiary/aromatic N) is 1. The molecule has 0 bridgehead atoms. The monoisotopic (exact) mass is 815 g/mol. The molecule has 1 aliphatic rings. The number of aliphatic hydroxyl groups is 1. The highest BCUT2D eigenvalue weighted by molar-refractivity contribution is 7.99. The number of hydrogen-bond acceptors (Lipinski definition) is 6. The zero-order valence-corrected chi connectivity index (χ0v) is 36.1. The van der Waals surface area contributed by atoms with Crippen molar-refractivity contribution in [3.05, 3.63) is 147 Å². The Morgan fingerprint density at radius 3 is 2.34 bits per heavy atom. The maximum Gasteiger partial charge on any atom is 0.303 e. The van der Waals surface area contributed by atoms with Crippen molar-refractivity contribution >= 4 is 63.8 Å². The smallest absolute Gasteiger partial charge is 0.303 e. The van der Waals surface area contributed by atoms with Crippen molar-refractivity contribution in [1.29, 1.82) is 10.8 Å². The Morgan fingerprint density at radius 1 is 0.931 bits per heavy atom. The number of thioether (sulfide) groups is 1. The van der Waals surface area contributed by atoms with Gasteiger partial charge in [-0.3, -0.25) is 4.79 Å². The predicted octanol–water partition coefficient (Wildman–Crippen LogP) is 13.0. The number of aliphatic carboxylic acids is 1. The molecule has 4 aromatic carbocycles. The summed E-state index contributed by atoms with van der Waals surface area (Å²) >= 11 is 7.68. The lowest BCUT2D eigenvalue weighted by Crippen LogP contribution is -2.18. The van der Waals surface area contributed by atoms with Crippen molar-refractivity contribution in [2.75, 3.05) is 5.75 Å². The second-order valence-electron chi connectivity index (χ2n) is 16.8. The summed E-state index contributed by atoms with van der Waals surface area (Å²) in [5, 5.41) is 37.9. The summed E-state index contributed by atoms with van der Waals surface area (Å²) in [6, 6.07) is 34.8. The van der Waals surface area contributed by atoms with Gasteiger partial charge in [-0.15, -0.1) is 0 Å². The molecule has 6 nitrogen and oxygen atoms in total. The molecule has 1 atom stereocenters. The Kier molecular flexibility index (Phi) is 15.7. The first kappa shape index (κ1) is 44.5. The van der Waals surface area contributed by atoms with E-state index in [1.165, 1.54) is 11.1 Å². The van der Waals surface area contributed by atoms with Gasteiger partial charge in [-0.2, -0.15) is 11.8 Å². The fraction of sp³-hybridized carbons (Fsp3) is 0.360. The van der Waals surface area contributed by atoms with Crippen LogP contribution in [0.4, 0.5) is 0 Å². The van der Waals surface area contributed by atoms with Gasteiger partial charge < -0.3 is 21.0 Å². The Labute approximate surface area is 354 Å². The van der Waals surface area contributed by atoms with Crippen molar-refractivity contribution in [3.8, 4) is 0 Å². The molecule has 8 heteroatoms. The van der Waals surface area contributed by atoms with Crippen LogP contribution in [0.15, 0.2) is 103 Å². The van der Waals surface area contributed by atoms with Crippen LogP contribution in [0.3, 0.4) is 0 Å². The van der Waals surface area contributed by atoms with E-state index in [2.05, 4.69) is 87.5 Å². The van der Waals surface area contributed by atoms with Gasteiger partial charge in [0.25, 0.3) is 0 Å². The second kappa shape index (κ2) is 20.4. The molecular weight excluding hydrogens is 758 g/mol. The molecule has 304 valence electrons. The molecule has 58 heavy (non-hydrogen) atoms. The number of hydrogen-bond donors (Lipinski definition) is 4. The lowest BCUT2D eigenvalue weighted by molar-refractivity contribution is -0.138. The van der Waals surface area contributed by atoms with Crippen molar-refractivity contribution < 1.29 is 15.0 Å². The zero-order valence-electron chi connectivity index (χ0n) is 34.5. The minimum atomic E-state index is -0.904. The first-order valence-corrected chi connectivity index (χ1v) is 21.7. The molecule has 0 spiro atoms. The Morgan fingerprint density at radius 2 is 1.66 bits per heavy atom. The molecule has 6 rings (SSSR count). The largest absolute Gasteiger partial charge is 0.481 e. The second-order valence-corrected chi connectivity index (χ2v) is 18.5. The molecule has 1 aliphatic carbocycles. The van der Waals surface area contributed by atoms with E-state index in [1.54, 1.807) is 0 Å². The minimum absolute atomic E-state index is 0.0721. The first-order chi connectivity index (χ1) is 27.6. The van der Waals surface area contributed by atoms with E-state index < -0.39 is 11.6 Å². The summed E-state index contributed by atoms with van der Waals surface area (Å²) in [4.78, 5) is 16.3. The van der Waals surface area contributed by atoms with Crippen LogP contribution in [0, 0.1) is 29.1 Å². The number of nitrogens with one attached hydrogen (secondary N) is 2. The summed E-state index contributed by atoms with van der Waals surface area (Å²) in [6.07, 6.45) is 10.0. The van der Waals surface area contributed by atoms with Gasteiger partial charge in [-0.25, -0.2) is 4.98 Å². The van der Waals surface area contributed by atoms with Gasteiger partial charge in [0.1, 0.15) is 0 Å². The van der Waals surface area contributed by atoms with Crippen LogP contribution in [0.25, 0.3) is 23.1 Å². The Hall–Kier alpha value is -4.56. The number of rotatable bonds is 18. The third-order valence-corrected chi connectivity index (χ3v) is 12.4. The van der Waals surface area contributed by atoms with Crippen LogP contribution in [0.2, 0.25) is 5.02 Å². The molecule has 4 N–H and O–H groups in total. The Balaban J connectivity index is 0.000000316. The molecule has 1 saturated carbocycles. The standard InChI is InChI=1S/C36H39NO3S.C14H19ClN2/c1-25-11-13-28-14-17-30(37-32(28)21-25)16-12-26-7-6-9-29(22-26)33(41-24-36(19-20-36)23-34(38)39)18-15-27-8-4-5-10-31(27)35(2,3)40;1-10(2)7-13(16)9-14(17)8-11-3-5-12(15)6-4-11/h4-14,16-17,21-22,33,40H,15,18-20,23-24H2,1-3H3,(H,38,39);3-6,10,16-17H,7-9H2,1-2H3/b16-12+;/t33-;/m1./s1. The van der Waals surface area contributed by atoms with Gasteiger partial charge in [0.2, 0.25) is 0 Å². The van der Waals surface area contributed by atoms with Crippen molar-refractivity contribution in [1.82, 2.24) is 4.98 Å². The predicted molar refractivity (Wildman–Crippen MR) is 246 cm³/mol. The van der Waals surface area contributed by atoms with Crippen LogP contribution in [0.1, 0.15) is 111 Å². The number of benzene rings is 4. The molecule has 1 fully saturated rings. The SMILES string of the molecule is CC(C)CC(=N)CC(=N)Cc1ccc(Cl)cc1.Cc1ccc2ccc(/C=C/c3cccc([C@@H](CCc4ccccc4C(C)(C)O)SCC4(CC(=O)O)CC4)c3)nc2c1. The third-order valence-electron chi connectivity index (χ3n) is 10.4.